The summed E-state index contributed by atoms with van der Waals surface area (Å²) in [5.41, 5.74) is 3.48. The van der Waals surface area contributed by atoms with Crippen molar-refractivity contribution in [2.45, 2.75) is 49.9 Å². The van der Waals surface area contributed by atoms with E-state index in [2.05, 4.69) is 6.08 Å². The summed E-state index contributed by atoms with van der Waals surface area (Å²) in [6, 6.07) is 1.79. The first-order valence-corrected chi connectivity index (χ1v) is 12.2. The van der Waals surface area contributed by atoms with E-state index in [9.17, 15) is 39.9 Å². The summed E-state index contributed by atoms with van der Waals surface area (Å²) in [7, 11) is 2.96. The Morgan fingerprint density at radius 1 is 1.16 bits per heavy atom. The maximum atomic E-state index is 14.0. The molecule has 10 heteroatoms. The van der Waals surface area contributed by atoms with Crippen molar-refractivity contribution in [3.05, 3.63) is 51.8 Å². The van der Waals surface area contributed by atoms with Crippen molar-refractivity contribution in [1.82, 2.24) is 4.90 Å². The van der Waals surface area contributed by atoms with E-state index in [0.29, 0.717) is 5.56 Å². The van der Waals surface area contributed by atoms with Gasteiger partial charge in [0.25, 0.3) is 5.91 Å². The van der Waals surface area contributed by atoms with Gasteiger partial charge in [0.05, 0.1) is 23.6 Å². The highest BCUT2D eigenvalue weighted by molar-refractivity contribution is 6.24. The lowest BCUT2D eigenvalue weighted by molar-refractivity contribution is -0.169. The first-order valence-electron chi connectivity index (χ1n) is 12.2. The molecule has 37 heavy (non-hydrogen) atoms. The Morgan fingerprint density at radius 3 is 2.41 bits per heavy atom. The number of nitrogens with zero attached hydrogens (tertiary/aromatic N) is 1. The van der Waals surface area contributed by atoms with Gasteiger partial charge in [0.1, 0.15) is 22.8 Å². The summed E-state index contributed by atoms with van der Waals surface area (Å²) >= 11 is 0. The van der Waals surface area contributed by atoms with E-state index < -0.39 is 70.1 Å². The molecule has 0 heterocycles. The van der Waals surface area contributed by atoms with Crippen molar-refractivity contribution in [2.75, 3.05) is 14.1 Å². The van der Waals surface area contributed by atoms with Crippen LogP contribution in [-0.4, -0.2) is 79.7 Å². The number of likely N-dealkylation sites (N-methyl/N-ethyl adjacent to an activating group) is 1. The summed E-state index contributed by atoms with van der Waals surface area (Å²) in [6.45, 7) is 1.75. The number of aliphatic hydroxyl groups is 4. The van der Waals surface area contributed by atoms with E-state index in [1.165, 1.54) is 25.1 Å². The first kappa shape index (κ1) is 25.2. The minimum atomic E-state index is -2.91. The minimum Gasteiger partial charge on any atom is -0.508 e. The second kappa shape index (κ2) is 8.27. The molecule has 6 atom stereocenters. The van der Waals surface area contributed by atoms with Gasteiger partial charge in [0, 0.05) is 11.5 Å². The zero-order chi connectivity index (χ0) is 27.1. The van der Waals surface area contributed by atoms with E-state index in [0.717, 1.165) is 30.4 Å². The number of amides is 1. The molecule has 0 radical (unpaired) electrons. The van der Waals surface area contributed by atoms with Crippen LogP contribution in [-0.2, 0) is 14.4 Å². The SMILES string of the molecule is CC1c2c(C3=CCCC3)ccc(O)c2C(O)=C2C(=O)C3(O)C(O)=C(C(N)=O)C(=O)C(N(C)C)C3C(O)C21. The van der Waals surface area contributed by atoms with E-state index in [4.69, 9.17) is 5.73 Å². The Hall–Kier alpha value is -3.47. The fraction of sp³-hybridized carbons (Fsp3) is 0.444. The molecule has 0 spiro atoms. The molecule has 7 N–H and O–H groups in total. The molecule has 1 amide bonds. The number of phenols is 1. The minimum absolute atomic E-state index is 0.0151. The number of allylic oxidation sites excluding steroid dienone is 2. The molecule has 1 aromatic carbocycles. The standard InChI is InChI=1S/C27H30N2O8/c1-10-14-12(11-6-4-5-7-11)8-9-13(30)16(14)21(31)17-15(10)22(32)19-20(29(2)3)23(33)18(26(28)36)25(35)27(19,37)24(17)34/h6,8-10,15,19-20,22,30-32,35,37H,4-5,7H2,1-3H3,(H2,28,36). The Bertz CT molecular complexity index is 1360. The van der Waals surface area contributed by atoms with Crippen molar-refractivity contribution < 1.29 is 39.9 Å². The van der Waals surface area contributed by atoms with Gasteiger partial charge < -0.3 is 31.3 Å². The zero-order valence-corrected chi connectivity index (χ0v) is 20.7. The molecule has 196 valence electrons. The molecule has 1 fully saturated rings. The number of phenolic OH excluding ortho intramolecular Hbond substituents is 1. The van der Waals surface area contributed by atoms with Gasteiger partial charge in [-0.2, -0.15) is 0 Å². The predicted octanol–water partition coefficient (Wildman–Crippen LogP) is 1.06. The molecule has 5 rings (SSSR count). The average molecular weight is 511 g/mol. The van der Waals surface area contributed by atoms with Gasteiger partial charge in [0.2, 0.25) is 5.78 Å². The third-order valence-electron chi connectivity index (χ3n) is 8.49. The average Bonchev–Trinajstić information content (AvgIpc) is 3.36. The summed E-state index contributed by atoms with van der Waals surface area (Å²) in [6.07, 6.45) is 3.09. The molecule has 6 unspecified atom stereocenters. The third-order valence-corrected chi connectivity index (χ3v) is 8.49. The van der Waals surface area contributed by atoms with Crippen molar-refractivity contribution in [3.63, 3.8) is 0 Å². The lowest BCUT2D eigenvalue weighted by atomic mass is 9.54. The number of benzene rings is 1. The Balaban J connectivity index is 1.82. The molecule has 0 aliphatic heterocycles. The monoisotopic (exact) mass is 510 g/mol. The number of nitrogens with two attached hydrogens (primary N) is 1. The van der Waals surface area contributed by atoms with Crippen LogP contribution in [0.5, 0.6) is 5.75 Å². The van der Waals surface area contributed by atoms with E-state index >= 15 is 0 Å². The van der Waals surface area contributed by atoms with Gasteiger partial charge in [-0.05, 0) is 62.0 Å². The lowest BCUT2D eigenvalue weighted by Gasteiger charge is -2.53. The number of aliphatic hydroxyl groups excluding tert-OH is 3. The molecule has 1 aromatic rings. The van der Waals surface area contributed by atoms with Gasteiger partial charge in [-0.15, -0.1) is 0 Å². The largest absolute Gasteiger partial charge is 0.508 e. The fourth-order valence-corrected chi connectivity index (χ4v) is 6.89. The second-order valence-electron chi connectivity index (χ2n) is 10.6. The zero-order valence-electron chi connectivity index (χ0n) is 20.7. The molecule has 0 saturated heterocycles. The Kier molecular flexibility index (Phi) is 5.63. The number of hydrogen-bond donors (Lipinski definition) is 6. The molecular formula is C27H30N2O8. The second-order valence-corrected chi connectivity index (χ2v) is 10.6. The first-order chi connectivity index (χ1) is 17.3. The van der Waals surface area contributed by atoms with Crippen molar-refractivity contribution >= 4 is 28.8 Å². The van der Waals surface area contributed by atoms with E-state index in [-0.39, 0.29) is 16.9 Å². The summed E-state index contributed by atoms with van der Waals surface area (Å²) in [4.78, 5) is 40.7. The molecule has 10 nitrogen and oxygen atoms in total. The number of hydrogen-bond acceptors (Lipinski definition) is 9. The molecule has 1 saturated carbocycles. The molecule has 0 aromatic heterocycles. The highest BCUT2D eigenvalue weighted by Gasteiger charge is 2.68. The van der Waals surface area contributed by atoms with Gasteiger partial charge in [-0.25, -0.2) is 0 Å². The quantitative estimate of drug-likeness (QED) is 0.324. The van der Waals surface area contributed by atoms with Crippen LogP contribution in [0.4, 0.5) is 0 Å². The van der Waals surface area contributed by atoms with Crippen molar-refractivity contribution in [3.8, 4) is 5.75 Å². The number of ketones is 2. The number of carbonyl (C=O) groups excluding carboxylic acids is 3. The molecule has 4 aliphatic carbocycles. The highest BCUT2D eigenvalue weighted by Crippen LogP contribution is 2.57. The normalized spacial score (nSPS) is 33.4. The Morgan fingerprint density at radius 2 is 1.84 bits per heavy atom. The maximum absolute atomic E-state index is 14.0. The fourth-order valence-electron chi connectivity index (χ4n) is 6.89. The van der Waals surface area contributed by atoms with Crippen LogP contribution in [0.15, 0.2) is 35.1 Å². The van der Waals surface area contributed by atoms with Gasteiger partial charge in [-0.3, -0.25) is 19.3 Å². The molecule has 0 bridgehead atoms. The number of aromatic hydroxyl groups is 1. The topological polar surface area (TPSA) is 182 Å². The summed E-state index contributed by atoms with van der Waals surface area (Å²) in [5, 5.41) is 56.5. The number of primary amides is 1. The maximum Gasteiger partial charge on any atom is 0.255 e. The van der Waals surface area contributed by atoms with Crippen LogP contribution >= 0.6 is 0 Å². The lowest BCUT2D eigenvalue weighted by Crippen LogP contribution is -2.70. The van der Waals surface area contributed by atoms with Crippen LogP contribution in [0.25, 0.3) is 11.3 Å². The smallest absolute Gasteiger partial charge is 0.255 e. The number of Topliss-reactive ketones (excluding diaryl/α,β-unsaturated/α-hetero) is 2. The van der Waals surface area contributed by atoms with E-state index in [1.807, 2.05) is 0 Å². The van der Waals surface area contributed by atoms with Crippen molar-refractivity contribution in [2.24, 2.45) is 17.6 Å². The number of carbonyl (C=O) groups is 3. The third kappa shape index (κ3) is 3.12. The summed E-state index contributed by atoms with van der Waals surface area (Å²) < 4.78 is 0. The number of rotatable bonds is 3. The molecular weight excluding hydrogens is 480 g/mol. The summed E-state index contributed by atoms with van der Waals surface area (Å²) in [5.74, 6) is -8.86. The van der Waals surface area contributed by atoms with Crippen LogP contribution in [0.3, 0.4) is 0 Å². The van der Waals surface area contributed by atoms with Gasteiger partial charge in [0.15, 0.2) is 11.4 Å². The number of fused-ring (bicyclic) bond motifs is 3. The van der Waals surface area contributed by atoms with Crippen LogP contribution in [0.1, 0.15) is 48.8 Å². The molecule has 4 aliphatic rings. The van der Waals surface area contributed by atoms with Gasteiger partial charge in [-0.1, -0.05) is 19.1 Å². The van der Waals surface area contributed by atoms with Crippen LogP contribution < -0.4 is 5.73 Å². The Labute approximate surface area is 213 Å². The van der Waals surface area contributed by atoms with Gasteiger partial charge >= 0.3 is 0 Å². The van der Waals surface area contributed by atoms with Crippen molar-refractivity contribution in [1.29, 1.82) is 0 Å². The van der Waals surface area contributed by atoms with E-state index in [1.54, 1.807) is 13.0 Å². The van der Waals surface area contributed by atoms with Crippen LogP contribution in [0, 0.1) is 11.8 Å². The highest BCUT2D eigenvalue weighted by atomic mass is 16.4. The van der Waals surface area contributed by atoms with Crippen LogP contribution in [0.2, 0.25) is 0 Å². The predicted molar refractivity (Wildman–Crippen MR) is 132 cm³/mol.